The van der Waals surface area contributed by atoms with E-state index < -0.39 is 6.04 Å². The number of hydrogen-bond donors (Lipinski definition) is 1. The number of aryl methyl sites for hydroxylation is 1. The van der Waals surface area contributed by atoms with Crippen LogP contribution in [0.15, 0.2) is 48.5 Å². The van der Waals surface area contributed by atoms with E-state index in [9.17, 15) is 9.59 Å². The van der Waals surface area contributed by atoms with Crippen LogP contribution < -0.4 is 10.1 Å². The molecule has 1 unspecified atom stereocenters. The van der Waals surface area contributed by atoms with E-state index in [1.165, 1.54) is 0 Å². The molecular formula is C25H33ClN2O3. The second kappa shape index (κ2) is 13.0. The van der Waals surface area contributed by atoms with Crippen molar-refractivity contribution in [3.63, 3.8) is 0 Å². The minimum Gasteiger partial charge on any atom is -0.484 e. The van der Waals surface area contributed by atoms with Crippen LogP contribution in [0.2, 0.25) is 5.02 Å². The van der Waals surface area contributed by atoms with Crippen LogP contribution in [0.4, 0.5) is 0 Å². The maximum atomic E-state index is 13.1. The van der Waals surface area contributed by atoms with Gasteiger partial charge in [0.15, 0.2) is 6.61 Å². The van der Waals surface area contributed by atoms with Crippen LogP contribution in [0.5, 0.6) is 5.75 Å². The highest BCUT2D eigenvalue weighted by Crippen LogP contribution is 2.21. The lowest BCUT2D eigenvalue weighted by molar-refractivity contribution is -0.142. The zero-order valence-electron chi connectivity index (χ0n) is 18.7. The largest absolute Gasteiger partial charge is 0.484 e. The van der Waals surface area contributed by atoms with Crippen molar-refractivity contribution < 1.29 is 14.3 Å². The lowest BCUT2D eigenvalue weighted by Gasteiger charge is -2.30. The van der Waals surface area contributed by atoms with Crippen molar-refractivity contribution in [2.24, 2.45) is 0 Å². The summed E-state index contributed by atoms with van der Waals surface area (Å²) in [5.41, 5.74) is 2.00. The van der Waals surface area contributed by atoms with Crippen molar-refractivity contribution >= 4 is 23.4 Å². The van der Waals surface area contributed by atoms with Crippen molar-refractivity contribution in [3.05, 3.63) is 64.7 Å². The second-order valence-electron chi connectivity index (χ2n) is 7.59. The summed E-state index contributed by atoms with van der Waals surface area (Å²) in [6.07, 6.45) is 3.13. The van der Waals surface area contributed by atoms with Crippen molar-refractivity contribution in [2.75, 3.05) is 19.7 Å². The third kappa shape index (κ3) is 7.91. The highest BCUT2D eigenvalue weighted by molar-refractivity contribution is 6.31. The standard InChI is InChI=1S/C25H33ClN2O3/c1-4-6-15-27-25(30)23(5-2)28(16-14-20-10-8-7-9-11-20)24(29)18-31-21-12-13-22(26)19(3)17-21/h7-13,17,23H,4-6,14-16,18H2,1-3H3,(H,27,30). The fourth-order valence-corrected chi connectivity index (χ4v) is 3.45. The lowest BCUT2D eigenvalue weighted by Crippen LogP contribution is -2.51. The van der Waals surface area contributed by atoms with Gasteiger partial charge >= 0.3 is 0 Å². The molecule has 1 N–H and O–H groups in total. The van der Waals surface area contributed by atoms with Gasteiger partial charge < -0.3 is 15.0 Å². The Hall–Kier alpha value is -2.53. The number of nitrogens with one attached hydrogen (secondary N) is 1. The first-order chi connectivity index (χ1) is 15.0. The lowest BCUT2D eigenvalue weighted by atomic mass is 10.1. The highest BCUT2D eigenvalue weighted by Gasteiger charge is 2.28. The molecule has 6 heteroatoms. The van der Waals surface area contributed by atoms with Crippen LogP contribution in [0, 0.1) is 6.92 Å². The van der Waals surface area contributed by atoms with Gasteiger partial charge in [0.1, 0.15) is 11.8 Å². The average molecular weight is 445 g/mol. The summed E-state index contributed by atoms with van der Waals surface area (Å²) in [6.45, 7) is 6.83. The predicted octanol–water partition coefficient (Wildman–Crippen LogP) is 4.79. The normalized spacial score (nSPS) is 11.6. The Kier molecular flexibility index (Phi) is 10.4. The molecule has 2 rings (SSSR count). The van der Waals surface area contributed by atoms with E-state index in [1.807, 2.05) is 44.2 Å². The molecule has 0 heterocycles. The molecule has 2 aromatic carbocycles. The van der Waals surface area contributed by atoms with E-state index in [0.717, 1.165) is 24.0 Å². The molecule has 168 valence electrons. The quantitative estimate of drug-likeness (QED) is 0.478. The maximum absolute atomic E-state index is 13.1. The summed E-state index contributed by atoms with van der Waals surface area (Å²) in [5, 5.41) is 3.62. The van der Waals surface area contributed by atoms with Crippen molar-refractivity contribution in [1.82, 2.24) is 10.2 Å². The topological polar surface area (TPSA) is 58.6 Å². The van der Waals surface area contributed by atoms with Crippen LogP contribution in [0.25, 0.3) is 0 Å². The number of carbonyl (C=O) groups is 2. The third-order valence-electron chi connectivity index (χ3n) is 5.19. The number of nitrogens with zero attached hydrogens (tertiary/aromatic N) is 1. The van der Waals surface area contributed by atoms with E-state index in [1.54, 1.807) is 23.1 Å². The molecule has 31 heavy (non-hydrogen) atoms. The summed E-state index contributed by atoms with van der Waals surface area (Å²) < 4.78 is 5.73. The zero-order chi connectivity index (χ0) is 22.6. The number of ether oxygens (including phenoxy) is 1. The summed E-state index contributed by atoms with van der Waals surface area (Å²) >= 11 is 6.07. The maximum Gasteiger partial charge on any atom is 0.261 e. The summed E-state index contributed by atoms with van der Waals surface area (Å²) in [6, 6.07) is 14.7. The van der Waals surface area contributed by atoms with Crippen molar-refractivity contribution in [2.45, 2.75) is 52.5 Å². The van der Waals surface area contributed by atoms with E-state index in [4.69, 9.17) is 16.3 Å². The number of hydrogen-bond acceptors (Lipinski definition) is 3. The molecule has 0 aliphatic rings. The SMILES string of the molecule is CCCCNC(=O)C(CC)N(CCc1ccccc1)C(=O)COc1ccc(Cl)c(C)c1. The van der Waals surface area contributed by atoms with Crippen LogP contribution in [-0.2, 0) is 16.0 Å². The monoisotopic (exact) mass is 444 g/mol. The van der Waals surface area contributed by atoms with Gasteiger partial charge in [-0.15, -0.1) is 0 Å². The number of rotatable bonds is 12. The van der Waals surface area contributed by atoms with Gasteiger partial charge in [-0.2, -0.15) is 0 Å². The molecule has 0 fully saturated rings. The molecule has 0 spiro atoms. The number of unbranched alkanes of at least 4 members (excludes halogenated alkanes) is 1. The van der Waals surface area contributed by atoms with E-state index in [0.29, 0.717) is 36.7 Å². The van der Waals surface area contributed by atoms with E-state index >= 15 is 0 Å². The predicted molar refractivity (Wildman–Crippen MR) is 126 cm³/mol. The minimum absolute atomic E-state index is 0.111. The Morgan fingerprint density at radius 1 is 1.13 bits per heavy atom. The van der Waals surface area contributed by atoms with Gasteiger partial charge in [0, 0.05) is 18.1 Å². The van der Waals surface area contributed by atoms with Gasteiger partial charge in [-0.1, -0.05) is 62.2 Å². The first kappa shape index (κ1) is 24.7. The molecule has 0 bridgehead atoms. The molecule has 0 aliphatic carbocycles. The highest BCUT2D eigenvalue weighted by atomic mass is 35.5. The first-order valence-corrected chi connectivity index (χ1v) is 11.3. The molecule has 1 atom stereocenters. The fraction of sp³-hybridized carbons (Fsp3) is 0.440. The van der Waals surface area contributed by atoms with Gasteiger partial charge in [-0.05, 0) is 55.5 Å². The van der Waals surface area contributed by atoms with Crippen molar-refractivity contribution in [1.29, 1.82) is 0 Å². The van der Waals surface area contributed by atoms with Crippen LogP contribution in [0.3, 0.4) is 0 Å². The Bertz CT molecular complexity index is 842. The number of halogens is 1. The molecule has 0 saturated heterocycles. The van der Waals surface area contributed by atoms with Gasteiger partial charge in [-0.25, -0.2) is 0 Å². The van der Waals surface area contributed by atoms with E-state index in [2.05, 4.69) is 12.2 Å². The van der Waals surface area contributed by atoms with Gasteiger partial charge in [0.2, 0.25) is 5.91 Å². The Balaban J connectivity index is 2.10. The minimum atomic E-state index is -0.524. The zero-order valence-corrected chi connectivity index (χ0v) is 19.5. The molecule has 0 saturated carbocycles. The molecular weight excluding hydrogens is 412 g/mol. The van der Waals surface area contributed by atoms with Crippen LogP contribution in [-0.4, -0.2) is 42.5 Å². The molecule has 5 nitrogen and oxygen atoms in total. The number of amides is 2. The van der Waals surface area contributed by atoms with Crippen molar-refractivity contribution in [3.8, 4) is 5.75 Å². The van der Waals surface area contributed by atoms with Gasteiger partial charge in [-0.3, -0.25) is 9.59 Å². The average Bonchev–Trinajstić information content (AvgIpc) is 2.78. The molecule has 0 aromatic heterocycles. The Morgan fingerprint density at radius 3 is 2.52 bits per heavy atom. The molecule has 2 aromatic rings. The second-order valence-corrected chi connectivity index (χ2v) is 8.00. The first-order valence-electron chi connectivity index (χ1n) is 11.0. The van der Waals surface area contributed by atoms with Crippen LogP contribution in [0.1, 0.15) is 44.2 Å². The fourth-order valence-electron chi connectivity index (χ4n) is 3.34. The number of carbonyl (C=O) groups excluding carboxylic acids is 2. The number of benzene rings is 2. The van der Waals surface area contributed by atoms with Gasteiger partial charge in [0.05, 0.1) is 0 Å². The Labute approximate surface area is 190 Å². The molecule has 2 amide bonds. The molecule has 0 radical (unpaired) electrons. The summed E-state index contributed by atoms with van der Waals surface area (Å²) in [7, 11) is 0. The smallest absolute Gasteiger partial charge is 0.261 e. The van der Waals surface area contributed by atoms with E-state index in [-0.39, 0.29) is 18.4 Å². The summed E-state index contributed by atoms with van der Waals surface area (Å²) in [5.74, 6) is 0.263. The summed E-state index contributed by atoms with van der Waals surface area (Å²) in [4.78, 5) is 27.6. The van der Waals surface area contributed by atoms with Crippen LogP contribution >= 0.6 is 11.6 Å². The third-order valence-corrected chi connectivity index (χ3v) is 5.62. The molecule has 0 aliphatic heterocycles. The van der Waals surface area contributed by atoms with Gasteiger partial charge in [0.25, 0.3) is 5.91 Å². The Morgan fingerprint density at radius 2 is 1.87 bits per heavy atom.